The molecule has 0 aliphatic carbocycles. The first-order chi connectivity index (χ1) is 8.56. The first-order valence-electron chi connectivity index (χ1n) is 5.05. The van der Waals surface area contributed by atoms with E-state index in [4.69, 9.17) is 4.74 Å². The fraction of sp³-hybridized carbons (Fsp3) is 0.444. The molecule has 0 saturated heterocycles. The lowest BCUT2D eigenvalue weighted by Gasteiger charge is -2.21. The highest BCUT2D eigenvalue weighted by molar-refractivity contribution is 6.08. The lowest BCUT2D eigenvalue weighted by molar-refractivity contribution is -0.115. The van der Waals surface area contributed by atoms with Gasteiger partial charge in [0.25, 0.3) is 11.9 Å². The van der Waals surface area contributed by atoms with Gasteiger partial charge in [-0.3, -0.25) is 4.79 Å². The molecular formula is C9H11N5O4. The van der Waals surface area contributed by atoms with E-state index in [-0.39, 0.29) is 11.9 Å². The van der Waals surface area contributed by atoms with E-state index in [9.17, 15) is 9.59 Å². The van der Waals surface area contributed by atoms with Crippen LogP contribution in [-0.2, 0) is 14.3 Å². The van der Waals surface area contributed by atoms with E-state index in [2.05, 4.69) is 25.4 Å². The molecule has 1 aliphatic heterocycles. The van der Waals surface area contributed by atoms with Crippen molar-refractivity contribution in [1.82, 2.24) is 20.6 Å². The minimum Gasteiger partial charge on any atom is -0.438 e. The number of methoxy groups -OCH3 is 1. The number of carbonyl (C=O) groups is 2. The molecule has 0 bridgehead atoms. The molecule has 1 unspecified atom stereocenters. The molecule has 18 heavy (non-hydrogen) atoms. The number of tetrazole rings is 1. The van der Waals surface area contributed by atoms with Crippen LogP contribution in [0.5, 0.6) is 0 Å². The normalized spacial score (nSPS) is 19.4. The average Bonchev–Trinajstić information content (AvgIpc) is 2.94. The van der Waals surface area contributed by atoms with Crippen LogP contribution in [0.2, 0.25) is 0 Å². The first kappa shape index (κ1) is 12.0. The number of aromatic nitrogens is 4. The minimum absolute atomic E-state index is 0.0325. The third kappa shape index (κ3) is 1.79. The Labute approximate surface area is 102 Å². The molecule has 0 fully saturated rings. The summed E-state index contributed by atoms with van der Waals surface area (Å²) in [6.07, 6.45) is -1.81. The lowest BCUT2D eigenvalue weighted by atomic mass is 10.2. The second-order valence-electron chi connectivity index (χ2n) is 3.62. The van der Waals surface area contributed by atoms with Gasteiger partial charge in [0.15, 0.2) is 0 Å². The number of anilines is 1. The van der Waals surface area contributed by atoms with Crippen LogP contribution < -0.4 is 4.90 Å². The Hall–Kier alpha value is -2.45. The zero-order valence-corrected chi connectivity index (χ0v) is 10.00. The largest absolute Gasteiger partial charge is 0.510 e. The number of amides is 1. The molecule has 2 rings (SSSR count). The van der Waals surface area contributed by atoms with Crippen molar-refractivity contribution in [2.45, 2.75) is 20.1 Å². The molecule has 1 atom stereocenters. The van der Waals surface area contributed by atoms with Gasteiger partial charge in [0.1, 0.15) is 0 Å². The SMILES string of the molecule is COC(=O)OC1C(C)=C(C)C(=O)N1c1nn[nH]n1. The van der Waals surface area contributed by atoms with Crippen molar-refractivity contribution in [3.8, 4) is 0 Å². The summed E-state index contributed by atoms with van der Waals surface area (Å²) in [7, 11) is 1.18. The number of rotatable bonds is 2. The second kappa shape index (κ2) is 4.43. The summed E-state index contributed by atoms with van der Waals surface area (Å²) in [5, 5.41) is 13.0. The topological polar surface area (TPSA) is 110 Å². The number of hydrogen-bond donors (Lipinski definition) is 1. The van der Waals surface area contributed by atoms with E-state index in [1.807, 2.05) is 0 Å². The van der Waals surface area contributed by atoms with Gasteiger partial charge in [0.2, 0.25) is 6.23 Å². The minimum atomic E-state index is -0.914. The summed E-state index contributed by atoms with van der Waals surface area (Å²) in [6.45, 7) is 3.31. The third-order valence-electron chi connectivity index (χ3n) is 2.66. The van der Waals surface area contributed by atoms with Crippen LogP contribution >= 0.6 is 0 Å². The average molecular weight is 253 g/mol. The van der Waals surface area contributed by atoms with Gasteiger partial charge in [-0.05, 0) is 24.6 Å². The highest BCUT2D eigenvalue weighted by atomic mass is 16.7. The second-order valence-corrected chi connectivity index (χ2v) is 3.62. The van der Waals surface area contributed by atoms with Crippen LogP contribution in [0.3, 0.4) is 0 Å². The van der Waals surface area contributed by atoms with E-state index < -0.39 is 12.4 Å². The van der Waals surface area contributed by atoms with E-state index in [1.165, 1.54) is 7.11 Å². The Morgan fingerprint density at radius 2 is 2.17 bits per heavy atom. The van der Waals surface area contributed by atoms with Crippen LogP contribution in [0.4, 0.5) is 10.7 Å². The molecule has 1 aromatic rings. The van der Waals surface area contributed by atoms with Crippen molar-refractivity contribution in [2.24, 2.45) is 0 Å². The van der Waals surface area contributed by atoms with Crippen molar-refractivity contribution in [3.05, 3.63) is 11.1 Å². The third-order valence-corrected chi connectivity index (χ3v) is 2.66. The van der Waals surface area contributed by atoms with Gasteiger partial charge in [0, 0.05) is 5.57 Å². The van der Waals surface area contributed by atoms with E-state index >= 15 is 0 Å². The monoisotopic (exact) mass is 253 g/mol. The zero-order chi connectivity index (χ0) is 13.3. The van der Waals surface area contributed by atoms with E-state index in [0.29, 0.717) is 11.1 Å². The molecule has 9 heteroatoms. The molecule has 96 valence electrons. The molecule has 0 spiro atoms. The highest BCUT2D eigenvalue weighted by Crippen LogP contribution is 2.29. The number of nitrogens with one attached hydrogen (secondary N) is 1. The van der Waals surface area contributed by atoms with Crippen molar-refractivity contribution in [3.63, 3.8) is 0 Å². The van der Waals surface area contributed by atoms with Crippen molar-refractivity contribution >= 4 is 18.0 Å². The van der Waals surface area contributed by atoms with Gasteiger partial charge in [-0.15, -0.1) is 5.10 Å². The summed E-state index contributed by atoms with van der Waals surface area (Å²) in [4.78, 5) is 24.3. The number of nitrogens with zero attached hydrogens (tertiary/aromatic N) is 4. The fourth-order valence-electron chi connectivity index (χ4n) is 1.57. The summed E-state index contributed by atoms with van der Waals surface area (Å²) in [5.74, 6) is -0.312. The van der Waals surface area contributed by atoms with Crippen molar-refractivity contribution < 1.29 is 19.1 Å². The Kier molecular flexibility index (Phi) is 2.96. The molecule has 1 N–H and O–H groups in total. The number of hydrogen-bond acceptors (Lipinski definition) is 7. The van der Waals surface area contributed by atoms with Crippen molar-refractivity contribution in [1.29, 1.82) is 0 Å². The van der Waals surface area contributed by atoms with Gasteiger partial charge < -0.3 is 9.47 Å². The Bertz CT molecular complexity index is 509. The summed E-state index contributed by atoms with van der Waals surface area (Å²) in [5.41, 5.74) is 1.06. The van der Waals surface area contributed by atoms with Gasteiger partial charge in [0.05, 0.1) is 7.11 Å². The van der Waals surface area contributed by atoms with E-state index in [1.54, 1.807) is 13.8 Å². The van der Waals surface area contributed by atoms with Gasteiger partial charge in [-0.25, -0.2) is 9.69 Å². The van der Waals surface area contributed by atoms with Crippen LogP contribution in [0.1, 0.15) is 13.8 Å². The highest BCUT2D eigenvalue weighted by Gasteiger charge is 2.41. The smallest absolute Gasteiger partial charge is 0.438 e. The number of ether oxygens (including phenoxy) is 2. The molecule has 0 radical (unpaired) electrons. The maximum Gasteiger partial charge on any atom is 0.510 e. The molecule has 1 amide bonds. The molecule has 1 aromatic heterocycles. The molecule has 2 heterocycles. The zero-order valence-electron chi connectivity index (χ0n) is 10.00. The van der Waals surface area contributed by atoms with Crippen molar-refractivity contribution in [2.75, 3.05) is 12.0 Å². The van der Waals surface area contributed by atoms with Crippen LogP contribution in [0.25, 0.3) is 0 Å². The molecule has 9 nitrogen and oxygen atoms in total. The molecular weight excluding hydrogens is 242 g/mol. The summed E-state index contributed by atoms with van der Waals surface area (Å²) < 4.78 is 9.43. The standard InChI is InChI=1S/C9H11N5O4/c1-4-5(2)7(18-9(16)17-3)14(6(4)15)8-10-12-13-11-8/h7H,1-3H3,(H,10,11,12,13). The van der Waals surface area contributed by atoms with Gasteiger partial charge >= 0.3 is 6.16 Å². The Balaban J connectivity index is 2.33. The first-order valence-corrected chi connectivity index (χ1v) is 5.05. The predicted octanol–water partition coefficient (Wildman–Crippen LogP) is -0.00820. The molecule has 0 aromatic carbocycles. The molecule has 0 saturated carbocycles. The number of aromatic amines is 1. The predicted molar refractivity (Wildman–Crippen MR) is 57.3 cm³/mol. The number of carbonyl (C=O) groups excluding carboxylic acids is 2. The lowest BCUT2D eigenvalue weighted by Crippen LogP contribution is -2.39. The Morgan fingerprint density at radius 1 is 1.44 bits per heavy atom. The molecule has 1 aliphatic rings. The van der Waals surface area contributed by atoms with Crippen LogP contribution in [0, 0.1) is 0 Å². The maximum atomic E-state index is 12.0. The summed E-state index contributed by atoms with van der Waals surface area (Å²) >= 11 is 0. The van der Waals surface area contributed by atoms with Gasteiger partial charge in [-0.2, -0.15) is 5.21 Å². The van der Waals surface area contributed by atoms with Gasteiger partial charge in [-0.1, -0.05) is 5.10 Å². The van der Waals surface area contributed by atoms with Crippen LogP contribution in [0.15, 0.2) is 11.1 Å². The Morgan fingerprint density at radius 3 is 2.72 bits per heavy atom. The number of H-pyrrole nitrogens is 1. The van der Waals surface area contributed by atoms with Crippen LogP contribution in [-0.4, -0.2) is 46.0 Å². The fourth-order valence-corrected chi connectivity index (χ4v) is 1.57. The quantitative estimate of drug-likeness (QED) is 0.738. The summed E-state index contributed by atoms with van der Waals surface area (Å²) in [6, 6.07) is 0. The van der Waals surface area contributed by atoms with E-state index in [0.717, 1.165) is 4.90 Å². The maximum absolute atomic E-state index is 12.0.